The first kappa shape index (κ1) is 18.2. The lowest BCUT2D eigenvalue weighted by Crippen LogP contribution is -2.41. The van der Waals surface area contributed by atoms with E-state index in [4.69, 9.17) is 9.31 Å². The average molecular weight is 392 g/mol. The number of hydrogen-bond donors (Lipinski definition) is 0. The maximum atomic E-state index is 6.50. The molecule has 0 atom stereocenters. The summed E-state index contributed by atoms with van der Waals surface area (Å²) in [5.74, 6) is 0. The van der Waals surface area contributed by atoms with Gasteiger partial charge in [0.2, 0.25) is 0 Å². The van der Waals surface area contributed by atoms with E-state index in [1.54, 1.807) is 0 Å². The SMILES string of the molecule is CC1(C)OB(c2cc3ccccc3c3c2-c2ccc4ccccc4c2C3)OC1(C)C. The van der Waals surface area contributed by atoms with E-state index in [2.05, 4.69) is 94.4 Å². The highest BCUT2D eigenvalue weighted by Crippen LogP contribution is 2.44. The highest BCUT2D eigenvalue weighted by molar-refractivity contribution is 6.64. The predicted molar refractivity (Wildman–Crippen MR) is 125 cm³/mol. The molecule has 1 fully saturated rings. The number of benzene rings is 4. The first-order valence-corrected chi connectivity index (χ1v) is 10.8. The molecule has 0 spiro atoms. The molecule has 4 aromatic carbocycles. The zero-order chi connectivity index (χ0) is 20.7. The number of fused-ring (bicyclic) bond motifs is 7. The van der Waals surface area contributed by atoms with Gasteiger partial charge in [0.05, 0.1) is 11.2 Å². The minimum Gasteiger partial charge on any atom is -0.399 e. The van der Waals surface area contributed by atoms with Crippen LogP contribution in [0.3, 0.4) is 0 Å². The molecule has 6 rings (SSSR count). The summed E-state index contributed by atoms with van der Waals surface area (Å²) < 4.78 is 13.0. The van der Waals surface area contributed by atoms with Crippen LogP contribution in [-0.4, -0.2) is 18.3 Å². The van der Waals surface area contributed by atoms with Crippen LogP contribution >= 0.6 is 0 Å². The third-order valence-electron chi connectivity index (χ3n) is 7.36. The van der Waals surface area contributed by atoms with Crippen LogP contribution in [-0.2, 0) is 15.7 Å². The second-order valence-corrected chi connectivity index (χ2v) is 9.62. The van der Waals surface area contributed by atoms with Crippen LogP contribution < -0.4 is 5.46 Å². The molecule has 0 unspecified atom stereocenters. The molecule has 2 nitrogen and oxygen atoms in total. The molecule has 30 heavy (non-hydrogen) atoms. The van der Waals surface area contributed by atoms with E-state index in [0.29, 0.717) is 0 Å². The van der Waals surface area contributed by atoms with Crippen molar-refractivity contribution < 1.29 is 9.31 Å². The smallest absolute Gasteiger partial charge is 0.399 e. The molecule has 2 aliphatic rings. The van der Waals surface area contributed by atoms with Gasteiger partial charge in [-0.15, -0.1) is 0 Å². The van der Waals surface area contributed by atoms with Gasteiger partial charge in [-0.3, -0.25) is 0 Å². The van der Waals surface area contributed by atoms with Crippen molar-refractivity contribution in [3.05, 3.63) is 77.9 Å². The van der Waals surface area contributed by atoms with Gasteiger partial charge in [-0.2, -0.15) is 0 Å². The molecule has 0 bridgehead atoms. The van der Waals surface area contributed by atoms with Crippen molar-refractivity contribution in [1.82, 2.24) is 0 Å². The fourth-order valence-corrected chi connectivity index (χ4v) is 5.04. The van der Waals surface area contributed by atoms with E-state index in [1.807, 2.05) is 0 Å². The Hall–Kier alpha value is -2.62. The summed E-state index contributed by atoms with van der Waals surface area (Å²) in [5, 5.41) is 5.21. The van der Waals surface area contributed by atoms with Crippen LogP contribution in [0.2, 0.25) is 0 Å². The van der Waals surface area contributed by atoms with Crippen molar-refractivity contribution in [2.75, 3.05) is 0 Å². The van der Waals surface area contributed by atoms with Gasteiger partial charge in [-0.05, 0) is 83.4 Å². The van der Waals surface area contributed by atoms with Crippen molar-refractivity contribution in [2.45, 2.75) is 45.3 Å². The highest BCUT2D eigenvalue weighted by atomic mass is 16.7. The largest absolute Gasteiger partial charge is 0.495 e. The van der Waals surface area contributed by atoms with Gasteiger partial charge in [0, 0.05) is 0 Å². The summed E-state index contributed by atoms with van der Waals surface area (Å²) >= 11 is 0. The normalized spacial score (nSPS) is 18.7. The van der Waals surface area contributed by atoms with Crippen molar-refractivity contribution >= 4 is 34.1 Å². The number of rotatable bonds is 1. The summed E-state index contributed by atoms with van der Waals surface area (Å²) in [4.78, 5) is 0. The fourth-order valence-electron chi connectivity index (χ4n) is 5.04. The Morgan fingerprint density at radius 3 is 2.00 bits per heavy atom. The molecule has 0 saturated carbocycles. The summed E-state index contributed by atoms with van der Waals surface area (Å²) in [6, 6.07) is 24.2. The van der Waals surface area contributed by atoms with Gasteiger partial charge in [0.25, 0.3) is 0 Å². The van der Waals surface area contributed by atoms with E-state index in [1.165, 1.54) is 43.8 Å². The van der Waals surface area contributed by atoms with Crippen LogP contribution in [0.1, 0.15) is 38.8 Å². The molecule has 0 aromatic heterocycles. The van der Waals surface area contributed by atoms with Gasteiger partial charge < -0.3 is 9.31 Å². The van der Waals surface area contributed by atoms with Crippen molar-refractivity contribution in [3.8, 4) is 11.1 Å². The van der Waals surface area contributed by atoms with Crippen LogP contribution in [0, 0.1) is 0 Å². The van der Waals surface area contributed by atoms with Gasteiger partial charge in [-0.1, -0.05) is 66.7 Å². The highest BCUT2D eigenvalue weighted by Gasteiger charge is 2.52. The quantitative estimate of drug-likeness (QED) is 0.333. The molecule has 0 amide bonds. The summed E-state index contributed by atoms with van der Waals surface area (Å²) in [6.45, 7) is 8.48. The predicted octanol–water partition coefficient (Wildman–Crippen LogP) is 5.86. The fraction of sp³-hybridized carbons (Fsp3) is 0.259. The first-order valence-electron chi connectivity index (χ1n) is 10.8. The molecule has 0 radical (unpaired) electrons. The lowest BCUT2D eigenvalue weighted by Gasteiger charge is -2.32. The minimum absolute atomic E-state index is 0.360. The van der Waals surface area contributed by atoms with Crippen molar-refractivity contribution in [2.24, 2.45) is 0 Å². The van der Waals surface area contributed by atoms with E-state index < -0.39 is 0 Å². The second-order valence-electron chi connectivity index (χ2n) is 9.62. The monoisotopic (exact) mass is 392 g/mol. The van der Waals surface area contributed by atoms with Crippen molar-refractivity contribution in [1.29, 1.82) is 0 Å². The Labute approximate surface area is 178 Å². The van der Waals surface area contributed by atoms with E-state index in [9.17, 15) is 0 Å². The Morgan fingerprint density at radius 1 is 0.700 bits per heavy atom. The molecule has 4 aromatic rings. The summed E-state index contributed by atoms with van der Waals surface area (Å²) in [6.07, 6.45) is 0.944. The summed E-state index contributed by atoms with van der Waals surface area (Å²) in [7, 11) is -0.370. The van der Waals surface area contributed by atoms with Gasteiger partial charge >= 0.3 is 7.12 Å². The first-order chi connectivity index (χ1) is 14.4. The molecule has 1 aliphatic heterocycles. The molecule has 1 saturated heterocycles. The zero-order valence-corrected chi connectivity index (χ0v) is 18.0. The van der Waals surface area contributed by atoms with Gasteiger partial charge in [0.15, 0.2) is 0 Å². The molecular formula is C27H25BO2. The third-order valence-corrected chi connectivity index (χ3v) is 7.36. The Bertz CT molecular complexity index is 1320. The molecule has 1 aliphatic carbocycles. The van der Waals surface area contributed by atoms with Gasteiger partial charge in [0.1, 0.15) is 0 Å². The molecule has 1 heterocycles. The van der Waals surface area contributed by atoms with E-state index in [-0.39, 0.29) is 18.3 Å². The van der Waals surface area contributed by atoms with E-state index >= 15 is 0 Å². The average Bonchev–Trinajstić information content (AvgIpc) is 3.22. The minimum atomic E-state index is -0.370. The topological polar surface area (TPSA) is 18.5 Å². The molecule has 0 N–H and O–H groups in total. The third kappa shape index (κ3) is 2.40. The Kier molecular flexibility index (Phi) is 3.61. The maximum Gasteiger partial charge on any atom is 0.495 e. The second kappa shape index (κ2) is 5.97. The standard InChI is InChI=1S/C27H25BO2/c1-26(2)27(3,4)30-28(29-26)24-15-18-10-6-8-12-20(18)23-16-22-19-11-7-5-9-17(19)13-14-21(22)25(23)24/h5-15H,16H2,1-4H3. The Balaban J connectivity index is 1.64. The van der Waals surface area contributed by atoms with Crippen molar-refractivity contribution in [3.63, 3.8) is 0 Å². The zero-order valence-electron chi connectivity index (χ0n) is 18.0. The lowest BCUT2D eigenvalue weighted by atomic mass is 9.73. The number of hydrogen-bond acceptors (Lipinski definition) is 2. The van der Waals surface area contributed by atoms with Crippen LogP contribution in [0.4, 0.5) is 0 Å². The van der Waals surface area contributed by atoms with Crippen LogP contribution in [0.15, 0.2) is 66.7 Å². The lowest BCUT2D eigenvalue weighted by molar-refractivity contribution is 0.00578. The van der Waals surface area contributed by atoms with Crippen LogP contribution in [0.5, 0.6) is 0 Å². The maximum absolute atomic E-state index is 6.50. The molecular weight excluding hydrogens is 367 g/mol. The van der Waals surface area contributed by atoms with Gasteiger partial charge in [-0.25, -0.2) is 0 Å². The van der Waals surface area contributed by atoms with Crippen LogP contribution in [0.25, 0.3) is 32.7 Å². The molecule has 148 valence electrons. The van der Waals surface area contributed by atoms with E-state index in [0.717, 1.165) is 11.9 Å². The Morgan fingerprint density at radius 2 is 1.30 bits per heavy atom. The molecule has 3 heteroatoms. The summed E-state index contributed by atoms with van der Waals surface area (Å²) in [5.41, 5.74) is 5.85.